The van der Waals surface area contributed by atoms with Gasteiger partial charge in [0.05, 0.1) is 19.3 Å². The smallest absolute Gasteiger partial charge is 0.254 e. The molecule has 6 heteroatoms. The Balaban J connectivity index is 1.68. The van der Waals surface area contributed by atoms with Crippen LogP contribution in [0.4, 0.5) is 0 Å². The normalized spacial score (nSPS) is 10.8. The summed E-state index contributed by atoms with van der Waals surface area (Å²) < 4.78 is 11.1. The van der Waals surface area contributed by atoms with E-state index in [-0.39, 0.29) is 5.91 Å². The number of hydrogen-bond acceptors (Lipinski definition) is 5. The number of nitrogens with zero attached hydrogens (tertiary/aromatic N) is 2. The zero-order valence-electron chi connectivity index (χ0n) is 17.9. The van der Waals surface area contributed by atoms with E-state index in [1.807, 2.05) is 59.7 Å². The number of aromatic nitrogens is 1. The first-order valence-electron chi connectivity index (χ1n) is 10.0. The van der Waals surface area contributed by atoms with Crippen LogP contribution < -0.4 is 9.47 Å². The van der Waals surface area contributed by atoms with Crippen LogP contribution in [-0.2, 0) is 13.2 Å². The van der Waals surface area contributed by atoms with Gasteiger partial charge in [-0.25, -0.2) is 4.98 Å². The molecule has 0 aliphatic heterocycles. The molecule has 0 unspecified atom stereocenters. The van der Waals surface area contributed by atoms with Crippen molar-refractivity contribution in [3.05, 3.63) is 75.7 Å². The molecule has 3 aromatic rings. The second-order valence-corrected chi connectivity index (χ2v) is 8.59. The fourth-order valence-electron chi connectivity index (χ4n) is 3.13. The van der Waals surface area contributed by atoms with Crippen LogP contribution in [0.1, 0.15) is 40.5 Å². The number of thiazole rings is 1. The van der Waals surface area contributed by atoms with Crippen LogP contribution in [0.2, 0.25) is 0 Å². The lowest BCUT2D eigenvalue weighted by molar-refractivity contribution is 0.0720. The predicted molar refractivity (Wildman–Crippen MR) is 120 cm³/mol. The first kappa shape index (κ1) is 21.8. The summed E-state index contributed by atoms with van der Waals surface area (Å²) in [6.45, 7) is 7.79. The lowest BCUT2D eigenvalue weighted by atomic mass is 10.1. The number of amides is 1. The lowest BCUT2D eigenvalue weighted by Gasteiger charge is -2.24. The maximum atomic E-state index is 13.1. The standard InChI is InChI=1S/C24H28N2O3S/c1-17(2)13-26(24(27)19-8-6-9-21(12-19)28-4)14-20-16-30-23(25-20)15-29-22-10-5-7-18(3)11-22/h5-12,16-17H,13-15H2,1-4H3. The number of carbonyl (C=O) groups excluding carboxylic acids is 1. The van der Waals surface area contributed by atoms with Gasteiger partial charge in [0.15, 0.2) is 0 Å². The number of carbonyl (C=O) groups is 1. The molecule has 0 aliphatic carbocycles. The van der Waals surface area contributed by atoms with E-state index in [1.54, 1.807) is 24.5 Å². The molecule has 0 spiro atoms. The number of hydrogen-bond donors (Lipinski definition) is 0. The van der Waals surface area contributed by atoms with Crippen molar-refractivity contribution in [1.82, 2.24) is 9.88 Å². The molecule has 2 aromatic carbocycles. The van der Waals surface area contributed by atoms with Gasteiger partial charge in [0, 0.05) is 17.5 Å². The highest BCUT2D eigenvalue weighted by Gasteiger charge is 2.19. The van der Waals surface area contributed by atoms with Crippen LogP contribution >= 0.6 is 11.3 Å². The first-order valence-corrected chi connectivity index (χ1v) is 10.9. The van der Waals surface area contributed by atoms with Gasteiger partial charge in [-0.3, -0.25) is 4.79 Å². The molecule has 0 atom stereocenters. The fraction of sp³-hybridized carbons (Fsp3) is 0.333. The van der Waals surface area contributed by atoms with Gasteiger partial charge in [-0.05, 0) is 48.7 Å². The molecule has 0 saturated carbocycles. The van der Waals surface area contributed by atoms with Crippen LogP contribution in [0.5, 0.6) is 11.5 Å². The minimum absolute atomic E-state index is 0.0202. The summed E-state index contributed by atoms with van der Waals surface area (Å²) in [6.07, 6.45) is 0. The molecule has 0 saturated heterocycles. The number of rotatable bonds is 9. The second-order valence-electron chi connectivity index (χ2n) is 7.65. The van der Waals surface area contributed by atoms with Gasteiger partial charge in [-0.15, -0.1) is 11.3 Å². The van der Waals surface area contributed by atoms with Crippen molar-refractivity contribution in [3.8, 4) is 11.5 Å². The molecule has 0 bridgehead atoms. The summed E-state index contributed by atoms with van der Waals surface area (Å²) in [4.78, 5) is 19.7. The average Bonchev–Trinajstić information content (AvgIpc) is 3.18. The molecule has 5 nitrogen and oxygen atoms in total. The summed E-state index contributed by atoms with van der Waals surface area (Å²) in [5.74, 6) is 1.84. The minimum Gasteiger partial charge on any atom is -0.497 e. The fourth-order valence-corrected chi connectivity index (χ4v) is 3.83. The monoisotopic (exact) mass is 424 g/mol. The number of aryl methyl sites for hydroxylation is 1. The molecular weight excluding hydrogens is 396 g/mol. The van der Waals surface area contributed by atoms with Crippen molar-refractivity contribution in [2.45, 2.75) is 33.9 Å². The number of methoxy groups -OCH3 is 1. The van der Waals surface area contributed by atoms with Gasteiger partial charge < -0.3 is 14.4 Å². The van der Waals surface area contributed by atoms with Gasteiger partial charge in [0.1, 0.15) is 23.1 Å². The zero-order valence-corrected chi connectivity index (χ0v) is 18.7. The van der Waals surface area contributed by atoms with E-state index in [0.717, 1.165) is 22.0 Å². The molecule has 1 amide bonds. The highest BCUT2D eigenvalue weighted by Crippen LogP contribution is 2.20. The van der Waals surface area contributed by atoms with Crippen LogP contribution in [0.15, 0.2) is 53.9 Å². The maximum Gasteiger partial charge on any atom is 0.254 e. The van der Waals surface area contributed by atoms with E-state index in [0.29, 0.717) is 36.9 Å². The van der Waals surface area contributed by atoms with E-state index < -0.39 is 0 Å². The SMILES string of the molecule is COc1cccc(C(=O)N(Cc2csc(COc3cccc(C)c3)n2)CC(C)C)c1. The summed E-state index contributed by atoms with van der Waals surface area (Å²) in [5, 5.41) is 2.89. The van der Waals surface area contributed by atoms with Gasteiger partial charge in [0.2, 0.25) is 0 Å². The molecule has 3 rings (SSSR count). The van der Waals surface area contributed by atoms with Crippen LogP contribution in [0.25, 0.3) is 0 Å². The van der Waals surface area contributed by atoms with E-state index in [4.69, 9.17) is 9.47 Å². The Kier molecular flexibility index (Phi) is 7.46. The summed E-state index contributed by atoms with van der Waals surface area (Å²) >= 11 is 1.55. The minimum atomic E-state index is -0.0202. The number of ether oxygens (including phenoxy) is 2. The Bertz CT molecular complexity index is 984. The topological polar surface area (TPSA) is 51.7 Å². The number of benzene rings is 2. The molecule has 0 aliphatic rings. The third-order valence-electron chi connectivity index (χ3n) is 4.49. The molecule has 30 heavy (non-hydrogen) atoms. The summed E-state index contributed by atoms with van der Waals surface area (Å²) in [5.41, 5.74) is 2.65. The highest BCUT2D eigenvalue weighted by atomic mass is 32.1. The van der Waals surface area contributed by atoms with Crippen molar-refractivity contribution in [2.24, 2.45) is 5.92 Å². The van der Waals surface area contributed by atoms with E-state index in [2.05, 4.69) is 18.8 Å². The summed E-state index contributed by atoms with van der Waals surface area (Å²) in [6, 6.07) is 15.2. The van der Waals surface area contributed by atoms with Crippen molar-refractivity contribution in [2.75, 3.05) is 13.7 Å². The highest BCUT2D eigenvalue weighted by molar-refractivity contribution is 7.09. The second kappa shape index (κ2) is 10.3. The van der Waals surface area contributed by atoms with E-state index in [9.17, 15) is 4.79 Å². The Morgan fingerprint density at radius 3 is 2.63 bits per heavy atom. The molecule has 1 aromatic heterocycles. The summed E-state index contributed by atoms with van der Waals surface area (Å²) in [7, 11) is 1.60. The van der Waals surface area contributed by atoms with Gasteiger partial charge in [-0.1, -0.05) is 32.0 Å². The Morgan fingerprint density at radius 1 is 1.13 bits per heavy atom. The maximum absolute atomic E-state index is 13.1. The van der Waals surface area contributed by atoms with Gasteiger partial charge in [-0.2, -0.15) is 0 Å². The molecule has 0 fully saturated rings. The zero-order chi connectivity index (χ0) is 21.5. The van der Waals surface area contributed by atoms with Crippen LogP contribution in [0, 0.1) is 12.8 Å². The molecule has 0 radical (unpaired) electrons. The van der Waals surface area contributed by atoms with Crippen molar-refractivity contribution in [3.63, 3.8) is 0 Å². The molecule has 158 valence electrons. The Morgan fingerprint density at radius 2 is 1.90 bits per heavy atom. The Labute approximate surface area is 182 Å². The van der Waals surface area contributed by atoms with Crippen LogP contribution in [-0.4, -0.2) is 29.4 Å². The quantitative estimate of drug-likeness (QED) is 0.465. The third kappa shape index (κ3) is 6.07. The third-order valence-corrected chi connectivity index (χ3v) is 5.36. The Hall–Kier alpha value is -2.86. The van der Waals surface area contributed by atoms with Crippen molar-refractivity contribution in [1.29, 1.82) is 0 Å². The molecular formula is C24H28N2O3S. The van der Waals surface area contributed by atoms with E-state index >= 15 is 0 Å². The first-order chi connectivity index (χ1) is 14.4. The van der Waals surface area contributed by atoms with Gasteiger partial charge in [0.25, 0.3) is 5.91 Å². The molecule has 1 heterocycles. The van der Waals surface area contributed by atoms with Crippen LogP contribution in [0.3, 0.4) is 0 Å². The average molecular weight is 425 g/mol. The van der Waals surface area contributed by atoms with Crippen molar-refractivity contribution >= 4 is 17.2 Å². The van der Waals surface area contributed by atoms with Gasteiger partial charge >= 0.3 is 0 Å². The predicted octanol–water partition coefficient (Wildman–Crippen LogP) is 5.34. The van der Waals surface area contributed by atoms with Crippen molar-refractivity contribution < 1.29 is 14.3 Å². The lowest BCUT2D eigenvalue weighted by Crippen LogP contribution is -2.33. The largest absolute Gasteiger partial charge is 0.497 e. The van der Waals surface area contributed by atoms with E-state index in [1.165, 1.54) is 0 Å². The molecule has 0 N–H and O–H groups in total.